The number of hydrogen-bond donors (Lipinski definition) is 0. The number of benzene rings is 3. The van der Waals surface area contributed by atoms with E-state index < -0.39 is 0 Å². The number of pyridine rings is 1. The summed E-state index contributed by atoms with van der Waals surface area (Å²) in [5, 5.41) is 2.33. The Balaban J connectivity index is 2.22. The van der Waals surface area contributed by atoms with Gasteiger partial charge >= 0.3 is 0 Å². The van der Waals surface area contributed by atoms with Gasteiger partial charge in [0.1, 0.15) is 0 Å². The molecule has 1 nitrogen and oxygen atoms in total. The topological polar surface area (TPSA) is 12.9 Å². The summed E-state index contributed by atoms with van der Waals surface area (Å²) in [7, 11) is 0. The summed E-state index contributed by atoms with van der Waals surface area (Å²) >= 11 is 7.21. The molecule has 0 saturated carbocycles. The molecule has 0 radical (unpaired) electrons. The number of fused-ring (bicyclic) bond motifs is 2. The van der Waals surface area contributed by atoms with Crippen LogP contribution in [0.15, 0.2) is 75.7 Å². The van der Waals surface area contributed by atoms with Crippen LogP contribution in [0.25, 0.3) is 32.9 Å². The zero-order valence-electron chi connectivity index (χ0n) is 11.6. The Labute approximate surface area is 145 Å². The monoisotopic (exact) mass is 411 g/mol. The molecule has 0 N–H and O–H groups in total. The third-order valence-electron chi connectivity index (χ3n) is 3.79. The average molecular weight is 413 g/mol. The van der Waals surface area contributed by atoms with E-state index >= 15 is 0 Å². The summed E-state index contributed by atoms with van der Waals surface area (Å²) in [5.41, 5.74) is 4.44. The van der Waals surface area contributed by atoms with Gasteiger partial charge in [-0.15, -0.1) is 0 Å². The minimum absolute atomic E-state index is 1.01. The van der Waals surface area contributed by atoms with E-state index in [-0.39, 0.29) is 0 Å². The van der Waals surface area contributed by atoms with Crippen LogP contribution in [-0.2, 0) is 0 Å². The molecule has 1 aromatic heterocycles. The highest BCUT2D eigenvalue weighted by Crippen LogP contribution is 2.38. The largest absolute Gasteiger partial charge is 0.248 e. The van der Waals surface area contributed by atoms with Crippen LogP contribution in [0, 0.1) is 0 Å². The maximum Gasteiger partial charge on any atom is 0.0727 e. The van der Waals surface area contributed by atoms with Gasteiger partial charge in [-0.25, -0.2) is 4.98 Å². The Hall–Kier alpha value is -1.71. The summed E-state index contributed by atoms with van der Waals surface area (Å²) < 4.78 is 2.15. The quantitative estimate of drug-likeness (QED) is 0.322. The first-order chi connectivity index (χ1) is 10.7. The number of para-hydroxylation sites is 1. The summed E-state index contributed by atoms with van der Waals surface area (Å²) in [5.74, 6) is 0. The lowest BCUT2D eigenvalue weighted by Crippen LogP contribution is -1.89. The minimum Gasteiger partial charge on any atom is -0.248 e. The van der Waals surface area contributed by atoms with Crippen LogP contribution in [0.5, 0.6) is 0 Å². The fourth-order valence-electron chi connectivity index (χ4n) is 2.82. The van der Waals surface area contributed by atoms with Gasteiger partial charge in [0.15, 0.2) is 0 Å². The van der Waals surface area contributed by atoms with E-state index in [4.69, 9.17) is 4.98 Å². The van der Waals surface area contributed by atoms with Gasteiger partial charge in [-0.05, 0) is 35.9 Å². The highest BCUT2D eigenvalue weighted by atomic mass is 79.9. The van der Waals surface area contributed by atoms with Crippen molar-refractivity contribution in [2.75, 3.05) is 0 Å². The zero-order chi connectivity index (χ0) is 15.1. The van der Waals surface area contributed by atoms with E-state index in [2.05, 4.69) is 86.5 Å². The zero-order valence-corrected chi connectivity index (χ0v) is 14.7. The molecule has 22 heavy (non-hydrogen) atoms. The molecule has 0 fully saturated rings. The van der Waals surface area contributed by atoms with E-state index in [0.29, 0.717) is 0 Å². The van der Waals surface area contributed by atoms with Crippen LogP contribution in [-0.4, -0.2) is 4.98 Å². The molecule has 4 aromatic rings. The second-order valence-electron chi connectivity index (χ2n) is 5.14. The van der Waals surface area contributed by atoms with E-state index in [1.807, 2.05) is 12.1 Å². The van der Waals surface area contributed by atoms with Gasteiger partial charge in [-0.3, -0.25) is 0 Å². The Morgan fingerprint density at radius 3 is 2.23 bits per heavy atom. The third kappa shape index (κ3) is 2.25. The molecular formula is C19H11Br2N. The lowest BCUT2D eigenvalue weighted by atomic mass is 9.96. The first-order valence-electron chi connectivity index (χ1n) is 6.97. The van der Waals surface area contributed by atoms with Gasteiger partial charge in [-0.2, -0.15) is 0 Å². The molecule has 0 unspecified atom stereocenters. The van der Waals surface area contributed by atoms with E-state index in [9.17, 15) is 0 Å². The fraction of sp³-hybridized carbons (Fsp3) is 0. The lowest BCUT2D eigenvalue weighted by molar-refractivity contribution is 1.49. The summed E-state index contributed by atoms with van der Waals surface area (Å²) in [6, 6.07) is 22.9. The van der Waals surface area contributed by atoms with Crippen molar-refractivity contribution in [3.63, 3.8) is 0 Å². The van der Waals surface area contributed by atoms with Crippen molar-refractivity contribution in [2.24, 2.45) is 0 Å². The van der Waals surface area contributed by atoms with Gasteiger partial charge in [0, 0.05) is 25.3 Å². The standard InChI is InChI=1S/C19H11Br2N/c20-13-10-8-12(9-11-13)18-14-4-1-2-6-16(14)22-17-7-3-5-15(21)19(17)18/h1-11H. The van der Waals surface area contributed by atoms with Crippen molar-refractivity contribution in [1.29, 1.82) is 0 Å². The Morgan fingerprint density at radius 2 is 1.41 bits per heavy atom. The van der Waals surface area contributed by atoms with E-state index in [1.165, 1.54) is 16.5 Å². The highest BCUT2D eigenvalue weighted by Gasteiger charge is 2.13. The molecule has 0 aliphatic heterocycles. The Bertz CT molecular complexity index is 991. The average Bonchev–Trinajstić information content (AvgIpc) is 2.54. The fourth-order valence-corrected chi connectivity index (χ4v) is 3.64. The summed E-state index contributed by atoms with van der Waals surface area (Å²) in [6.07, 6.45) is 0. The molecule has 0 aliphatic rings. The van der Waals surface area contributed by atoms with Crippen molar-refractivity contribution in [1.82, 2.24) is 4.98 Å². The molecule has 0 amide bonds. The highest BCUT2D eigenvalue weighted by molar-refractivity contribution is 9.11. The third-order valence-corrected chi connectivity index (χ3v) is 4.98. The number of nitrogens with zero attached hydrogens (tertiary/aromatic N) is 1. The molecule has 1 heterocycles. The first kappa shape index (κ1) is 13.9. The molecule has 0 atom stereocenters. The Morgan fingerprint density at radius 1 is 0.682 bits per heavy atom. The predicted molar refractivity (Wildman–Crippen MR) is 100 cm³/mol. The maximum absolute atomic E-state index is 4.80. The molecule has 106 valence electrons. The Kier molecular flexibility index (Phi) is 3.47. The van der Waals surface area contributed by atoms with Crippen LogP contribution in [0.4, 0.5) is 0 Å². The van der Waals surface area contributed by atoms with Crippen LogP contribution in [0.2, 0.25) is 0 Å². The van der Waals surface area contributed by atoms with Crippen molar-refractivity contribution in [3.05, 3.63) is 75.7 Å². The van der Waals surface area contributed by atoms with E-state index in [0.717, 1.165) is 25.4 Å². The van der Waals surface area contributed by atoms with Gasteiger partial charge in [-0.1, -0.05) is 68.3 Å². The van der Waals surface area contributed by atoms with Crippen LogP contribution < -0.4 is 0 Å². The second kappa shape index (κ2) is 5.49. The molecule has 0 aliphatic carbocycles. The first-order valence-corrected chi connectivity index (χ1v) is 8.55. The van der Waals surface area contributed by atoms with Crippen molar-refractivity contribution < 1.29 is 0 Å². The molecule has 0 spiro atoms. The molecule has 3 aromatic carbocycles. The van der Waals surface area contributed by atoms with Crippen molar-refractivity contribution >= 4 is 53.7 Å². The number of halogens is 2. The normalized spacial score (nSPS) is 11.2. The van der Waals surface area contributed by atoms with Gasteiger partial charge in [0.2, 0.25) is 0 Å². The van der Waals surface area contributed by atoms with E-state index in [1.54, 1.807) is 0 Å². The summed E-state index contributed by atoms with van der Waals surface area (Å²) in [4.78, 5) is 4.80. The molecule has 0 saturated heterocycles. The smallest absolute Gasteiger partial charge is 0.0727 e. The van der Waals surface area contributed by atoms with Gasteiger partial charge in [0.25, 0.3) is 0 Å². The summed E-state index contributed by atoms with van der Waals surface area (Å²) in [6.45, 7) is 0. The lowest BCUT2D eigenvalue weighted by Gasteiger charge is -2.12. The van der Waals surface area contributed by atoms with Crippen molar-refractivity contribution in [3.8, 4) is 11.1 Å². The molecule has 0 bridgehead atoms. The van der Waals surface area contributed by atoms with Crippen LogP contribution in [0.1, 0.15) is 0 Å². The number of aromatic nitrogens is 1. The maximum atomic E-state index is 4.80. The predicted octanol–water partition coefficient (Wildman–Crippen LogP) is 6.58. The van der Waals surface area contributed by atoms with Gasteiger partial charge < -0.3 is 0 Å². The van der Waals surface area contributed by atoms with Crippen LogP contribution in [0.3, 0.4) is 0 Å². The second-order valence-corrected chi connectivity index (χ2v) is 6.91. The molecular weight excluding hydrogens is 402 g/mol. The number of rotatable bonds is 1. The van der Waals surface area contributed by atoms with Crippen LogP contribution >= 0.6 is 31.9 Å². The van der Waals surface area contributed by atoms with Gasteiger partial charge in [0.05, 0.1) is 11.0 Å². The molecule has 4 rings (SSSR count). The SMILES string of the molecule is Brc1ccc(-c2c3ccccc3nc3cccc(Br)c23)cc1. The van der Waals surface area contributed by atoms with Crippen molar-refractivity contribution in [2.45, 2.75) is 0 Å². The number of hydrogen-bond acceptors (Lipinski definition) is 1. The molecule has 3 heteroatoms. The minimum atomic E-state index is 1.01.